The van der Waals surface area contributed by atoms with E-state index >= 15 is 0 Å². The topological polar surface area (TPSA) is 31.4 Å². The highest BCUT2D eigenvalue weighted by Gasteiger charge is 2.36. The number of hydrogen-bond donors (Lipinski definition) is 0. The van der Waals surface area contributed by atoms with Crippen LogP contribution >= 0.6 is 22.9 Å². The summed E-state index contributed by atoms with van der Waals surface area (Å²) in [5.41, 5.74) is 0. The zero-order valence-corrected chi connectivity index (χ0v) is 8.11. The zero-order valence-electron chi connectivity index (χ0n) is 6.54. The van der Waals surface area contributed by atoms with Gasteiger partial charge < -0.3 is 9.47 Å². The van der Waals surface area contributed by atoms with Gasteiger partial charge in [0, 0.05) is 0 Å². The fourth-order valence-corrected chi connectivity index (χ4v) is 2.07. The van der Waals surface area contributed by atoms with Gasteiger partial charge in [0.25, 0.3) is 0 Å². The van der Waals surface area contributed by atoms with Crippen LogP contribution in [0.15, 0.2) is 6.20 Å². The molecule has 3 nitrogen and oxygen atoms in total. The van der Waals surface area contributed by atoms with E-state index in [0.717, 1.165) is 5.01 Å². The fraction of sp³-hybridized carbons (Fsp3) is 0.571. The highest BCUT2D eigenvalue weighted by atomic mass is 35.5. The Balaban J connectivity index is 2.28. The monoisotopic (exact) mass is 205 g/mol. The first kappa shape index (κ1) is 8.44. The lowest BCUT2D eigenvalue weighted by Crippen LogP contribution is -2.21. The van der Waals surface area contributed by atoms with Crippen LogP contribution in [0.25, 0.3) is 0 Å². The van der Waals surface area contributed by atoms with Gasteiger partial charge in [0.1, 0.15) is 4.34 Å². The lowest BCUT2D eigenvalue weighted by Gasteiger charge is -2.18. The normalized spacial score (nSPS) is 21.5. The van der Waals surface area contributed by atoms with E-state index in [1.807, 2.05) is 6.92 Å². The molecule has 1 fully saturated rings. The number of halogens is 1. The molecule has 5 heteroatoms. The first-order chi connectivity index (χ1) is 5.71. The van der Waals surface area contributed by atoms with Gasteiger partial charge in [-0.2, -0.15) is 0 Å². The molecule has 0 aliphatic carbocycles. The molecule has 0 atom stereocenters. The van der Waals surface area contributed by atoms with Crippen LogP contribution < -0.4 is 0 Å². The van der Waals surface area contributed by atoms with E-state index in [1.165, 1.54) is 11.3 Å². The number of ether oxygens (including phenoxy) is 2. The molecule has 0 aromatic carbocycles. The van der Waals surface area contributed by atoms with Crippen LogP contribution in [0.4, 0.5) is 0 Å². The van der Waals surface area contributed by atoms with Crippen molar-refractivity contribution in [1.29, 1.82) is 0 Å². The quantitative estimate of drug-likeness (QED) is 0.703. The van der Waals surface area contributed by atoms with E-state index in [4.69, 9.17) is 21.1 Å². The van der Waals surface area contributed by atoms with Gasteiger partial charge in [-0.25, -0.2) is 4.98 Å². The van der Waals surface area contributed by atoms with E-state index in [2.05, 4.69) is 4.98 Å². The van der Waals surface area contributed by atoms with Gasteiger partial charge in [-0.15, -0.1) is 11.3 Å². The Morgan fingerprint density at radius 1 is 1.58 bits per heavy atom. The standard InChI is InChI=1S/C7H8ClNO2S/c1-7(10-2-3-11-7)6-9-4-5(8)12-6/h4H,2-3H2,1H3. The van der Waals surface area contributed by atoms with Crippen molar-refractivity contribution in [2.24, 2.45) is 0 Å². The maximum atomic E-state index is 5.75. The predicted octanol–water partition coefficient (Wildman–Crippen LogP) is 2.02. The Morgan fingerprint density at radius 3 is 2.75 bits per heavy atom. The molecule has 2 heterocycles. The van der Waals surface area contributed by atoms with Crippen molar-refractivity contribution in [1.82, 2.24) is 4.98 Å². The maximum absolute atomic E-state index is 5.75. The van der Waals surface area contributed by atoms with Crippen LogP contribution in [0.1, 0.15) is 11.9 Å². The molecule has 1 aliphatic rings. The van der Waals surface area contributed by atoms with Crippen molar-refractivity contribution >= 4 is 22.9 Å². The minimum absolute atomic E-state index is 0.619. The third-order valence-electron chi connectivity index (χ3n) is 1.70. The average Bonchev–Trinajstić information content (AvgIpc) is 2.59. The SMILES string of the molecule is CC1(c2ncc(Cl)s2)OCCO1. The zero-order chi connectivity index (χ0) is 8.60. The van der Waals surface area contributed by atoms with Gasteiger partial charge in [0.2, 0.25) is 5.79 Å². The second-order valence-electron chi connectivity index (χ2n) is 2.61. The van der Waals surface area contributed by atoms with Crippen molar-refractivity contribution in [3.8, 4) is 0 Å². The lowest BCUT2D eigenvalue weighted by molar-refractivity contribution is -0.149. The molecule has 0 unspecified atom stereocenters. The minimum atomic E-state index is -0.669. The summed E-state index contributed by atoms with van der Waals surface area (Å²) in [7, 11) is 0. The van der Waals surface area contributed by atoms with Crippen molar-refractivity contribution < 1.29 is 9.47 Å². The highest BCUT2D eigenvalue weighted by molar-refractivity contribution is 7.15. The molecular formula is C7H8ClNO2S. The molecule has 66 valence electrons. The molecule has 0 bridgehead atoms. The Labute approximate surface area is 79.3 Å². The molecule has 12 heavy (non-hydrogen) atoms. The Bertz CT molecular complexity index is 283. The van der Waals surface area contributed by atoms with Gasteiger partial charge in [-0.05, 0) is 6.92 Å². The first-order valence-corrected chi connectivity index (χ1v) is 4.80. The summed E-state index contributed by atoms with van der Waals surface area (Å²) < 4.78 is 11.5. The van der Waals surface area contributed by atoms with E-state index in [-0.39, 0.29) is 0 Å². The molecule has 0 radical (unpaired) electrons. The summed E-state index contributed by atoms with van der Waals surface area (Å²) in [4.78, 5) is 4.11. The third-order valence-corrected chi connectivity index (χ3v) is 3.00. The molecule has 1 aromatic heterocycles. The van der Waals surface area contributed by atoms with E-state index in [1.54, 1.807) is 6.20 Å². The third kappa shape index (κ3) is 1.35. The first-order valence-electron chi connectivity index (χ1n) is 3.60. The summed E-state index contributed by atoms with van der Waals surface area (Å²) in [6.07, 6.45) is 1.61. The van der Waals surface area contributed by atoms with Crippen molar-refractivity contribution in [2.45, 2.75) is 12.7 Å². The summed E-state index contributed by atoms with van der Waals surface area (Å²) in [6, 6.07) is 0. The van der Waals surface area contributed by atoms with Gasteiger partial charge in [0.05, 0.1) is 19.4 Å². The lowest BCUT2D eigenvalue weighted by atomic mass is 10.3. The smallest absolute Gasteiger partial charge is 0.219 e. The number of rotatable bonds is 1. The minimum Gasteiger partial charge on any atom is -0.342 e. The maximum Gasteiger partial charge on any atom is 0.219 e. The van der Waals surface area contributed by atoms with Crippen LogP contribution in [-0.4, -0.2) is 18.2 Å². The van der Waals surface area contributed by atoms with Crippen LogP contribution in [0.5, 0.6) is 0 Å². The van der Waals surface area contributed by atoms with Crippen LogP contribution in [0, 0.1) is 0 Å². The summed E-state index contributed by atoms with van der Waals surface area (Å²) in [5, 5.41) is 0.782. The highest BCUT2D eigenvalue weighted by Crippen LogP contribution is 2.34. The van der Waals surface area contributed by atoms with Crippen LogP contribution in [-0.2, 0) is 15.3 Å². The Kier molecular flexibility index (Phi) is 2.08. The molecule has 2 rings (SSSR count). The number of thiazole rings is 1. The molecule has 1 aliphatic heterocycles. The molecule has 0 amide bonds. The number of nitrogens with zero attached hydrogens (tertiary/aromatic N) is 1. The summed E-state index contributed by atoms with van der Waals surface area (Å²) in [5.74, 6) is -0.669. The number of hydrogen-bond acceptors (Lipinski definition) is 4. The van der Waals surface area contributed by atoms with Gasteiger partial charge in [-0.1, -0.05) is 11.6 Å². The Hall–Kier alpha value is -0.160. The molecule has 1 saturated heterocycles. The summed E-state index contributed by atoms with van der Waals surface area (Å²) >= 11 is 7.13. The molecular weight excluding hydrogens is 198 g/mol. The van der Waals surface area contributed by atoms with Crippen molar-refractivity contribution in [3.63, 3.8) is 0 Å². The average molecular weight is 206 g/mol. The van der Waals surface area contributed by atoms with Crippen molar-refractivity contribution in [2.75, 3.05) is 13.2 Å². The van der Waals surface area contributed by atoms with Crippen molar-refractivity contribution in [3.05, 3.63) is 15.5 Å². The fourth-order valence-electron chi connectivity index (χ4n) is 1.10. The molecule has 0 spiro atoms. The molecule has 0 saturated carbocycles. The second-order valence-corrected chi connectivity index (χ2v) is 4.27. The van der Waals surface area contributed by atoms with Gasteiger partial charge >= 0.3 is 0 Å². The van der Waals surface area contributed by atoms with Crippen LogP contribution in [0.2, 0.25) is 4.34 Å². The Morgan fingerprint density at radius 2 is 2.25 bits per heavy atom. The second kappa shape index (κ2) is 2.96. The summed E-state index contributed by atoms with van der Waals surface area (Å²) in [6.45, 7) is 3.09. The molecule has 0 N–H and O–H groups in total. The molecule has 1 aromatic rings. The van der Waals surface area contributed by atoms with E-state index in [0.29, 0.717) is 17.6 Å². The largest absolute Gasteiger partial charge is 0.342 e. The van der Waals surface area contributed by atoms with Crippen LogP contribution in [0.3, 0.4) is 0 Å². The van der Waals surface area contributed by atoms with E-state index < -0.39 is 5.79 Å². The predicted molar refractivity (Wildman–Crippen MR) is 46.4 cm³/mol. The van der Waals surface area contributed by atoms with E-state index in [9.17, 15) is 0 Å². The number of aromatic nitrogens is 1. The van der Waals surface area contributed by atoms with Gasteiger partial charge in [-0.3, -0.25) is 0 Å². The van der Waals surface area contributed by atoms with Gasteiger partial charge in [0.15, 0.2) is 5.01 Å².